The first kappa shape index (κ1) is 15.7. The molecule has 1 unspecified atom stereocenters. The summed E-state index contributed by atoms with van der Waals surface area (Å²) in [6.45, 7) is 1.87. The van der Waals surface area contributed by atoms with Crippen molar-refractivity contribution in [2.75, 3.05) is 13.7 Å². The van der Waals surface area contributed by atoms with Crippen LogP contribution in [0.4, 0.5) is 0 Å². The molecule has 0 radical (unpaired) electrons. The minimum Gasteiger partial charge on any atom is -0.494 e. The van der Waals surface area contributed by atoms with Gasteiger partial charge in [-0.05, 0) is 35.0 Å². The van der Waals surface area contributed by atoms with Crippen molar-refractivity contribution in [2.24, 2.45) is 5.73 Å². The van der Waals surface area contributed by atoms with E-state index in [4.69, 9.17) is 22.1 Å². The van der Waals surface area contributed by atoms with Gasteiger partial charge in [0.1, 0.15) is 4.90 Å². The van der Waals surface area contributed by atoms with Crippen molar-refractivity contribution in [3.05, 3.63) is 21.6 Å². The second-order valence-corrected chi connectivity index (χ2v) is 6.65. The van der Waals surface area contributed by atoms with E-state index in [0.29, 0.717) is 9.50 Å². The average molecular weight is 358 g/mol. The first-order valence-corrected chi connectivity index (χ1v) is 7.72. The predicted octanol–water partition coefficient (Wildman–Crippen LogP) is 1.74. The van der Waals surface area contributed by atoms with Gasteiger partial charge in [-0.15, -0.1) is 0 Å². The molecule has 8 heteroatoms. The number of ether oxygens (including phenoxy) is 1. The molecule has 18 heavy (non-hydrogen) atoms. The van der Waals surface area contributed by atoms with Crippen LogP contribution in [0.1, 0.15) is 6.92 Å². The highest BCUT2D eigenvalue weighted by atomic mass is 79.9. The standard InChI is InChI=1S/C10H14BrClN2O3S/c1-6(5-13)14-18(15,16)9-4-7(12)3-8(11)10(9)17-2/h3-4,6,14H,5,13H2,1-2H3. The molecule has 0 heterocycles. The van der Waals surface area contributed by atoms with Crippen LogP contribution in [0.15, 0.2) is 21.5 Å². The zero-order valence-corrected chi connectivity index (χ0v) is 13.1. The molecule has 0 amide bonds. The second kappa shape index (κ2) is 6.21. The van der Waals surface area contributed by atoms with Crippen molar-refractivity contribution in [1.29, 1.82) is 0 Å². The van der Waals surface area contributed by atoms with Crippen molar-refractivity contribution in [3.63, 3.8) is 0 Å². The van der Waals surface area contributed by atoms with Gasteiger partial charge in [-0.1, -0.05) is 11.6 Å². The first-order chi connectivity index (χ1) is 8.31. The van der Waals surface area contributed by atoms with Crippen LogP contribution in [0.25, 0.3) is 0 Å². The van der Waals surface area contributed by atoms with Crippen LogP contribution in [0, 0.1) is 0 Å². The van der Waals surface area contributed by atoms with Gasteiger partial charge in [0, 0.05) is 17.6 Å². The number of nitrogens with one attached hydrogen (secondary N) is 1. The summed E-state index contributed by atoms with van der Waals surface area (Å²) in [5.74, 6) is 0.205. The van der Waals surface area contributed by atoms with E-state index in [1.54, 1.807) is 13.0 Å². The fraction of sp³-hybridized carbons (Fsp3) is 0.400. The number of halogens is 2. The van der Waals surface area contributed by atoms with Crippen molar-refractivity contribution >= 4 is 37.6 Å². The van der Waals surface area contributed by atoms with Gasteiger partial charge in [0.15, 0.2) is 5.75 Å². The van der Waals surface area contributed by atoms with Crippen LogP contribution in [0.3, 0.4) is 0 Å². The monoisotopic (exact) mass is 356 g/mol. The molecule has 0 aliphatic carbocycles. The van der Waals surface area contributed by atoms with Crippen LogP contribution in [0.5, 0.6) is 5.75 Å². The zero-order valence-electron chi connectivity index (χ0n) is 9.91. The van der Waals surface area contributed by atoms with Gasteiger partial charge in [-0.25, -0.2) is 13.1 Å². The van der Waals surface area contributed by atoms with Crippen LogP contribution in [0.2, 0.25) is 5.02 Å². The van der Waals surface area contributed by atoms with Crippen LogP contribution in [-0.4, -0.2) is 28.1 Å². The van der Waals surface area contributed by atoms with E-state index in [1.165, 1.54) is 13.2 Å². The quantitative estimate of drug-likeness (QED) is 0.841. The summed E-state index contributed by atoms with van der Waals surface area (Å²) < 4.78 is 32.3. The Morgan fingerprint density at radius 2 is 2.17 bits per heavy atom. The SMILES string of the molecule is COc1c(Br)cc(Cl)cc1S(=O)(=O)NC(C)CN. The van der Waals surface area contributed by atoms with Crippen molar-refractivity contribution in [1.82, 2.24) is 4.72 Å². The van der Waals surface area contributed by atoms with Gasteiger partial charge in [0.2, 0.25) is 10.0 Å². The molecular weight excluding hydrogens is 344 g/mol. The molecule has 0 saturated heterocycles. The highest BCUT2D eigenvalue weighted by Gasteiger charge is 2.23. The number of rotatable bonds is 5. The summed E-state index contributed by atoms with van der Waals surface area (Å²) >= 11 is 9.06. The Kier molecular flexibility index (Phi) is 5.42. The number of nitrogens with two attached hydrogens (primary N) is 1. The lowest BCUT2D eigenvalue weighted by Crippen LogP contribution is -2.37. The molecule has 1 rings (SSSR count). The molecule has 1 aromatic carbocycles. The van der Waals surface area contributed by atoms with Gasteiger partial charge in [0.25, 0.3) is 0 Å². The minimum atomic E-state index is -3.73. The van der Waals surface area contributed by atoms with Gasteiger partial charge in [-0.3, -0.25) is 0 Å². The number of hydrogen-bond acceptors (Lipinski definition) is 4. The molecule has 0 spiro atoms. The van der Waals surface area contributed by atoms with Crippen molar-refractivity contribution in [2.45, 2.75) is 17.9 Å². The summed E-state index contributed by atoms with van der Waals surface area (Å²) in [5.41, 5.74) is 5.39. The van der Waals surface area contributed by atoms with Crippen LogP contribution >= 0.6 is 27.5 Å². The smallest absolute Gasteiger partial charge is 0.244 e. The summed E-state index contributed by atoms with van der Waals surface area (Å²) in [7, 11) is -2.34. The lowest BCUT2D eigenvalue weighted by atomic mass is 10.3. The Bertz CT molecular complexity index is 536. The maximum Gasteiger partial charge on any atom is 0.244 e. The number of benzene rings is 1. The molecule has 3 N–H and O–H groups in total. The molecular formula is C10H14BrClN2O3S. The number of methoxy groups -OCH3 is 1. The molecule has 0 aliphatic rings. The lowest BCUT2D eigenvalue weighted by Gasteiger charge is -2.15. The molecule has 0 saturated carbocycles. The van der Waals surface area contributed by atoms with Gasteiger partial charge in [0.05, 0.1) is 11.6 Å². The Morgan fingerprint density at radius 1 is 1.56 bits per heavy atom. The maximum atomic E-state index is 12.2. The van der Waals surface area contributed by atoms with Gasteiger partial charge >= 0.3 is 0 Å². The molecule has 1 aromatic rings. The number of hydrogen-bond donors (Lipinski definition) is 2. The first-order valence-electron chi connectivity index (χ1n) is 5.07. The van der Waals surface area contributed by atoms with E-state index in [2.05, 4.69) is 20.7 Å². The topological polar surface area (TPSA) is 81.4 Å². The molecule has 0 aromatic heterocycles. The Balaban J connectivity index is 3.31. The summed E-state index contributed by atoms with van der Waals surface area (Å²) in [4.78, 5) is -0.0234. The fourth-order valence-electron chi connectivity index (χ4n) is 1.31. The normalized spacial score (nSPS) is 13.4. The van der Waals surface area contributed by atoms with Crippen molar-refractivity contribution < 1.29 is 13.2 Å². The van der Waals surface area contributed by atoms with Crippen molar-refractivity contribution in [3.8, 4) is 5.75 Å². The Labute approximate surface area is 120 Å². The van der Waals surface area contributed by atoms with E-state index < -0.39 is 10.0 Å². The van der Waals surface area contributed by atoms with Gasteiger partial charge in [-0.2, -0.15) is 0 Å². The van der Waals surface area contributed by atoms with Crippen LogP contribution in [-0.2, 0) is 10.0 Å². The minimum absolute atomic E-state index is 0.0234. The third-order valence-corrected chi connectivity index (χ3v) is 4.58. The molecule has 1 atom stereocenters. The molecule has 102 valence electrons. The van der Waals surface area contributed by atoms with E-state index in [0.717, 1.165) is 0 Å². The maximum absolute atomic E-state index is 12.2. The average Bonchev–Trinajstić information content (AvgIpc) is 2.27. The van der Waals surface area contributed by atoms with E-state index >= 15 is 0 Å². The molecule has 0 bridgehead atoms. The third-order valence-electron chi connectivity index (χ3n) is 2.18. The van der Waals surface area contributed by atoms with E-state index in [1.807, 2.05) is 0 Å². The highest BCUT2D eigenvalue weighted by Crippen LogP contribution is 2.35. The van der Waals surface area contributed by atoms with E-state index in [9.17, 15) is 8.42 Å². The highest BCUT2D eigenvalue weighted by molar-refractivity contribution is 9.10. The lowest BCUT2D eigenvalue weighted by molar-refractivity contribution is 0.399. The summed E-state index contributed by atoms with van der Waals surface area (Å²) in [5, 5.41) is 0.295. The summed E-state index contributed by atoms with van der Waals surface area (Å²) in [6, 6.07) is 2.51. The molecule has 0 fully saturated rings. The molecule has 5 nitrogen and oxygen atoms in total. The Morgan fingerprint density at radius 3 is 2.67 bits per heavy atom. The van der Waals surface area contributed by atoms with Crippen LogP contribution < -0.4 is 15.2 Å². The zero-order chi connectivity index (χ0) is 13.9. The molecule has 0 aliphatic heterocycles. The fourth-order valence-corrected chi connectivity index (χ4v) is 3.95. The van der Waals surface area contributed by atoms with Gasteiger partial charge < -0.3 is 10.5 Å². The van der Waals surface area contributed by atoms with E-state index in [-0.39, 0.29) is 23.2 Å². The second-order valence-electron chi connectivity index (χ2n) is 3.68. The number of sulfonamides is 1. The third kappa shape index (κ3) is 3.58. The Hall–Kier alpha value is -0.340. The predicted molar refractivity (Wildman–Crippen MR) is 74.5 cm³/mol. The summed E-state index contributed by atoms with van der Waals surface area (Å²) in [6.07, 6.45) is 0. The largest absolute Gasteiger partial charge is 0.494 e.